The van der Waals surface area contributed by atoms with E-state index in [0.29, 0.717) is 18.1 Å². The largest absolute Gasteiger partial charge is 0.337 e. The van der Waals surface area contributed by atoms with Crippen LogP contribution in [0.25, 0.3) is 0 Å². The van der Waals surface area contributed by atoms with Crippen LogP contribution < -0.4 is 10.6 Å². The van der Waals surface area contributed by atoms with Gasteiger partial charge in [-0.1, -0.05) is 12.1 Å². The first kappa shape index (κ1) is 12.3. The van der Waals surface area contributed by atoms with Gasteiger partial charge in [-0.2, -0.15) is 0 Å². The van der Waals surface area contributed by atoms with Crippen LogP contribution >= 0.6 is 11.6 Å². The third-order valence-electron chi connectivity index (χ3n) is 3.04. The first-order valence-corrected chi connectivity index (χ1v) is 6.39. The number of anilines is 2. The molecule has 1 aromatic heterocycles. The molecule has 1 aliphatic heterocycles. The van der Waals surface area contributed by atoms with E-state index in [4.69, 9.17) is 11.6 Å². The van der Waals surface area contributed by atoms with E-state index in [9.17, 15) is 4.39 Å². The van der Waals surface area contributed by atoms with Crippen LogP contribution in [0.5, 0.6) is 0 Å². The molecule has 1 aromatic carbocycles. The number of hydrogen-bond acceptors (Lipinski definition) is 4. The molecule has 0 bridgehead atoms. The minimum atomic E-state index is -0.320. The number of para-hydroxylation sites is 1. The minimum absolute atomic E-state index is 0.168. The summed E-state index contributed by atoms with van der Waals surface area (Å²) in [5, 5.41) is 6.39. The highest BCUT2D eigenvalue weighted by atomic mass is 35.5. The molecule has 98 valence electrons. The van der Waals surface area contributed by atoms with Crippen LogP contribution in [-0.2, 0) is 13.0 Å². The molecular weight excluding hydrogens is 267 g/mol. The molecule has 2 aromatic rings. The van der Waals surface area contributed by atoms with Gasteiger partial charge in [-0.25, -0.2) is 14.4 Å². The van der Waals surface area contributed by atoms with Crippen molar-refractivity contribution in [3.8, 4) is 0 Å². The molecule has 1 aliphatic rings. The molecule has 0 unspecified atom stereocenters. The Morgan fingerprint density at radius 3 is 2.95 bits per heavy atom. The summed E-state index contributed by atoms with van der Waals surface area (Å²) in [6.07, 6.45) is 0.795. The van der Waals surface area contributed by atoms with Crippen molar-refractivity contribution in [2.24, 2.45) is 0 Å². The van der Waals surface area contributed by atoms with E-state index in [1.165, 1.54) is 6.07 Å². The second-order valence-corrected chi connectivity index (χ2v) is 4.64. The van der Waals surface area contributed by atoms with Crippen molar-refractivity contribution in [1.29, 1.82) is 0 Å². The number of aromatic nitrogens is 2. The number of benzene rings is 1. The number of halogens is 2. The molecule has 2 N–H and O–H groups in total. The van der Waals surface area contributed by atoms with E-state index in [-0.39, 0.29) is 11.1 Å². The fourth-order valence-electron chi connectivity index (χ4n) is 2.12. The second-order valence-electron chi connectivity index (χ2n) is 4.30. The number of nitrogens with zero attached hydrogens (tertiary/aromatic N) is 2. The highest BCUT2D eigenvalue weighted by Gasteiger charge is 2.17. The average Bonchev–Trinajstić information content (AvgIpc) is 2.41. The third kappa shape index (κ3) is 2.52. The summed E-state index contributed by atoms with van der Waals surface area (Å²) in [6, 6.07) is 6.48. The van der Waals surface area contributed by atoms with Gasteiger partial charge in [-0.05, 0) is 36.7 Å². The van der Waals surface area contributed by atoms with Gasteiger partial charge in [0.05, 0.1) is 11.4 Å². The summed E-state index contributed by atoms with van der Waals surface area (Å²) in [4.78, 5) is 8.37. The molecule has 0 saturated carbocycles. The van der Waals surface area contributed by atoms with Gasteiger partial charge in [0, 0.05) is 12.1 Å². The van der Waals surface area contributed by atoms with Gasteiger partial charge in [-0.3, -0.25) is 0 Å². The monoisotopic (exact) mass is 278 g/mol. The lowest BCUT2D eigenvalue weighted by molar-refractivity contribution is 0.622. The van der Waals surface area contributed by atoms with Crippen LogP contribution in [0.4, 0.5) is 15.9 Å². The van der Waals surface area contributed by atoms with E-state index in [0.717, 1.165) is 24.2 Å². The van der Waals surface area contributed by atoms with Crippen molar-refractivity contribution in [2.75, 3.05) is 11.9 Å². The summed E-state index contributed by atoms with van der Waals surface area (Å²) < 4.78 is 13.7. The van der Waals surface area contributed by atoms with E-state index in [1.807, 2.05) is 0 Å². The standard InChI is InChI=1S/C13H12ClFN4/c14-13-18-11-7-16-6-5-8(11)12(19-13)17-10-4-2-1-3-9(10)15/h1-4,16H,5-7H2,(H,17,18,19). The fraction of sp³-hybridized carbons (Fsp3) is 0.231. The lowest BCUT2D eigenvalue weighted by atomic mass is 10.1. The van der Waals surface area contributed by atoms with Gasteiger partial charge in [-0.15, -0.1) is 0 Å². The summed E-state index contributed by atoms with van der Waals surface area (Å²) in [5.41, 5.74) is 2.24. The Morgan fingerprint density at radius 2 is 2.11 bits per heavy atom. The van der Waals surface area contributed by atoms with Gasteiger partial charge in [0.15, 0.2) is 0 Å². The molecule has 3 rings (SSSR count). The Labute approximate surface area is 115 Å². The van der Waals surface area contributed by atoms with Crippen molar-refractivity contribution in [3.63, 3.8) is 0 Å². The lowest BCUT2D eigenvalue weighted by Crippen LogP contribution is -2.26. The zero-order valence-electron chi connectivity index (χ0n) is 10.1. The second kappa shape index (κ2) is 5.11. The maximum atomic E-state index is 13.7. The molecule has 2 heterocycles. The van der Waals surface area contributed by atoms with Crippen molar-refractivity contribution < 1.29 is 4.39 Å². The zero-order valence-corrected chi connectivity index (χ0v) is 10.8. The molecule has 0 spiro atoms. The molecule has 0 aliphatic carbocycles. The smallest absolute Gasteiger partial charge is 0.224 e. The Balaban J connectivity index is 2.01. The maximum Gasteiger partial charge on any atom is 0.224 e. The quantitative estimate of drug-likeness (QED) is 0.829. The van der Waals surface area contributed by atoms with E-state index in [1.54, 1.807) is 18.2 Å². The lowest BCUT2D eigenvalue weighted by Gasteiger charge is -2.19. The third-order valence-corrected chi connectivity index (χ3v) is 3.21. The van der Waals surface area contributed by atoms with Gasteiger partial charge >= 0.3 is 0 Å². The molecule has 19 heavy (non-hydrogen) atoms. The highest BCUT2D eigenvalue weighted by Crippen LogP contribution is 2.26. The number of nitrogens with one attached hydrogen (secondary N) is 2. The molecule has 0 fully saturated rings. The van der Waals surface area contributed by atoms with Gasteiger partial charge in [0.2, 0.25) is 5.28 Å². The van der Waals surface area contributed by atoms with E-state index >= 15 is 0 Å². The Kier molecular flexibility index (Phi) is 3.31. The van der Waals surface area contributed by atoms with Crippen LogP contribution in [0.1, 0.15) is 11.3 Å². The first-order chi connectivity index (χ1) is 9.24. The molecule has 0 atom stereocenters. The predicted molar refractivity (Wildman–Crippen MR) is 72.1 cm³/mol. The predicted octanol–water partition coefficient (Wildman–Crippen LogP) is 2.66. The van der Waals surface area contributed by atoms with Crippen LogP contribution in [0.2, 0.25) is 5.28 Å². The Bertz CT molecular complexity index is 618. The number of hydrogen-bond donors (Lipinski definition) is 2. The van der Waals surface area contributed by atoms with Crippen LogP contribution in [-0.4, -0.2) is 16.5 Å². The summed E-state index contributed by atoms with van der Waals surface area (Å²) in [5.74, 6) is 0.265. The summed E-state index contributed by atoms with van der Waals surface area (Å²) >= 11 is 5.90. The van der Waals surface area contributed by atoms with Crippen molar-refractivity contribution in [1.82, 2.24) is 15.3 Å². The van der Waals surface area contributed by atoms with E-state index in [2.05, 4.69) is 20.6 Å². The average molecular weight is 279 g/mol. The van der Waals surface area contributed by atoms with Crippen molar-refractivity contribution in [2.45, 2.75) is 13.0 Å². The highest BCUT2D eigenvalue weighted by molar-refractivity contribution is 6.28. The molecule has 0 saturated heterocycles. The topological polar surface area (TPSA) is 49.8 Å². The molecule has 0 amide bonds. The molecule has 6 heteroatoms. The molecule has 4 nitrogen and oxygen atoms in total. The van der Waals surface area contributed by atoms with Crippen LogP contribution in [0.3, 0.4) is 0 Å². The Hall–Kier alpha value is -1.72. The fourth-order valence-corrected chi connectivity index (χ4v) is 2.31. The number of rotatable bonds is 2. The SMILES string of the molecule is Fc1ccccc1Nc1nc(Cl)nc2c1CCNC2. The maximum absolute atomic E-state index is 13.7. The minimum Gasteiger partial charge on any atom is -0.337 e. The van der Waals surface area contributed by atoms with Crippen molar-refractivity contribution >= 4 is 23.1 Å². The van der Waals surface area contributed by atoms with Gasteiger partial charge < -0.3 is 10.6 Å². The van der Waals surface area contributed by atoms with Crippen LogP contribution in [0.15, 0.2) is 24.3 Å². The van der Waals surface area contributed by atoms with E-state index < -0.39 is 0 Å². The molecule has 0 radical (unpaired) electrons. The zero-order chi connectivity index (χ0) is 13.2. The van der Waals surface area contributed by atoms with Crippen molar-refractivity contribution in [3.05, 3.63) is 46.6 Å². The first-order valence-electron chi connectivity index (χ1n) is 6.01. The number of fused-ring (bicyclic) bond motifs is 1. The van der Waals surface area contributed by atoms with Gasteiger partial charge in [0.25, 0.3) is 0 Å². The normalized spacial score (nSPS) is 14.0. The summed E-state index contributed by atoms with van der Waals surface area (Å²) in [6.45, 7) is 1.51. The van der Waals surface area contributed by atoms with Gasteiger partial charge in [0.1, 0.15) is 11.6 Å². The van der Waals surface area contributed by atoms with Crippen LogP contribution in [0, 0.1) is 5.82 Å². The summed E-state index contributed by atoms with van der Waals surface area (Å²) in [7, 11) is 0. The Morgan fingerprint density at radius 1 is 1.26 bits per heavy atom. The molecular formula is C13H12ClFN4.